The zero-order chi connectivity index (χ0) is 10.8. The van der Waals surface area contributed by atoms with Crippen LogP contribution in [0.5, 0.6) is 5.75 Å². The molecule has 0 unspecified atom stereocenters. The van der Waals surface area contributed by atoms with Gasteiger partial charge in [0.2, 0.25) is 0 Å². The van der Waals surface area contributed by atoms with Gasteiger partial charge in [-0.25, -0.2) is 0 Å². The number of nitrogens with two attached hydrogens (primary N) is 1. The number of methoxy groups -OCH3 is 1. The molecule has 1 aromatic rings. The van der Waals surface area contributed by atoms with Gasteiger partial charge >= 0.3 is 0 Å². The Hall–Kier alpha value is -0.730. The van der Waals surface area contributed by atoms with E-state index in [2.05, 4.69) is 20.8 Å². The molecule has 0 aliphatic carbocycles. The second-order valence-electron chi connectivity index (χ2n) is 4.62. The molecule has 1 atom stereocenters. The van der Waals surface area contributed by atoms with Crippen LogP contribution in [0, 0.1) is 5.41 Å². The number of benzene rings is 1. The van der Waals surface area contributed by atoms with E-state index >= 15 is 0 Å². The second kappa shape index (κ2) is 5.38. The highest BCUT2D eigenvalue weighted by Gasteiger charge is 2.21. The minimum absolute atomic E-state index is 0. The first-order chi connectivity index (χ1) is 6.45. The van der Waals surface area contributed by atoms with Gasteiger partial charge in [-0.3, -0.25) is 0 Å². The highest BCUT2D eigenvalue weighted by molar-refractivity contribution is 5.85. The third-order valence-electron chi connectivity index (χ3n) is 2.41. The van der Waals surface area contributed by atoms with E-state index in [0.29, 0.717) is 0 Å². The van der Waals surface area contributed by atoms with Gasteiger partial charge in [0.1, 0.15) is 5.75 Å². The largest absolute Gasteiger partial charge is 0.497 e. The molecule has 0 spiro atoms. The van der Waals surface area contributed by atoms with Gasteiger partial charge in [0.05, 0.1) is 7.11 Å². The monoisotopic (exact) mass is 229 g/mol. The van der Waals surface area contributed by atoms with Crippen molar-refractivity contribution in [3.63, 3.8) is 0 Å². The zero-order valence-electron chi connectivity index (χ0n) is 9.78. The van der Waals surface area contributed by atoms with Crippen molar-refractivity contribution < 1.29 is 4.74 Å². The summed E-state index contributed by atoms with van der Waals surface area (Å²) in [7, 11) is 1.67. The third-order valence-corrected chi connectivity index (χ3v) is 2.41. The Balaban J connectivity index is 0.00000196. The minimum atomic E-state index is 0. The predicted octanol–water partition coefficient (Wildman–Crippen LogP) is 3.16. The van der Waals surface area contributed by atoms with Crippen LogP contribution >= 0.6 is 12.4 Å². The molecule has 15 heavy (non-hydrogen) atoms. The van der Waals surface area contributed by atoms with Gasteiger partial charge in [-0.05, 0) is 23.1 Å². The van der Waals surface area contributed by atoms with E-state index in [0.717, 1.165) is 11.3 Å². The summed E-state index contributed by atoms with van der Waals surface area (Å²) in [6.07, 6.45) is 0. The Morgan fingerprint density at radius 3 is 1.93 bits per heavy atom. The molecular weight excluding hydrogens is 210 g/mol. The van der Waals surface area contributed by atoms with Crippen LogP contribution in [0.1, 0.15) is 32.4 Å². The van der Waals surface area contributed by atoms with Crippen molar-refractivity contribution in [2.75, 3.05) is 7.11 Å². The Morgan fingerprint density at radius 2 is 1.60 bits per heavy atom. The zero-order valence-corrected chi connectivity index (χ0v) is 10.6. The summed E-state index contributed by atoms with van der Waals surface area (Å²) in [6, 6.07) is 8.00. The SMILES string of the molecule is COc1ccc([C@H](N)C(C)(C)C)cc1.Cl. The van der Waals surface area contributed by atoms with Crippen LogP contribution in [-0.4, -0.2) is 7.11 Å². The van der Waals surface area contributed by atoms with Crippen molar-refractivity contribution >= 4 is 12.4 Å². The van der Waals surface area contributed by atoms with Crippen LogP contribution in [0.3, 0.4) is 0 Å². The topological polar surface area (TPSA) is 35.2 Å². The Morgan fingerprint density at radius 1 is 1.13 bits per heavy atom. The van der Waals surface area contributed by atoms with Gasteiger partial charge in [-0.2, -0.15) is 0 Å². The molecule has 0 aliphatic rings. The molecule has 0 radical (unpaired) electrons. The van der Waals surface area contributed by atoms with E-state index in [4.69, 9.17) is 10.5 Å². The Bertz CT molecular complexity index is 289. The van der Waals surface area contributed by atoms with Crippen LogP contribution in [0.4, 0.5) is 0 Å². The van der Waals surface area contributed by atoms with Crippen LogP contribution in [-0.2, 0) is 0 Å². The first-order valence-corrected chi connectivity index (χ1v) is 4.84. The summed E-state index contributed by atoms with van der Waals surface area (Å²) in [5.41, 5.74) is 7.37. The number of rotatable bonds is 2. The van der Waals surface area contributed by atoms with Gasteiger partial charge < -0.3 is 10.5 Å². The normalized spacial score (nSPS) is 12.9. The first kappa shape index (κ1) is 14.3. The van der Waals surface area contributed by atoms with Crippen molar-refractivity contribution in [2.24, 2.45) is 11.1 Å². The van der Waals surface area contributed by atoms with Gasteiger partial charge in [-0.1, -0.05) is 32.9 Å². The molecule has 0 saturated heterocycles. The van der Waals surface area contributed by atoms with Crippen LogP contribution in [0.2, 0.25) is 0 Å². The molecule has 1 aromatic carbocycles. The average molecular weight is 230 g/mol. The van der Waals surface area contributed by atoms with Gasteiger partial charge in [0, 0.05) is 6.04 Å². The molecule has 0 fully saturated rings. The molecule has 0 heterocycles. The fourth-order valence-corrected chi connectivity index (χ4v) is 1.31. The Labute approximate surface area is 98.2 Å². The number of ether oxygens (including phenoxy) is 1. The van der Waals surface area contributed by atoms with Crippen LogP contribution < -0.4 is 10.5 Å². The first-order valence-electron chi connectivity index (χ1n) is 4.84. The molecular formula is C12H20ClNO. The van der Waals surface area contributed by atoms with E-state index in [1.54, 1.807) is 7.11 Å². The molecule has 0 amide bonds. The highest BCUT2D eigenvalue weighted by Crippen LogP contribution is 2.30. The van der Waals surface area contributed by atoms with Gasteiger partial charge in [0.25, 0.3) is 0 Å². The molecule has 2 N–H and O–H groups in total. The van der Waals surface area contributed by atoms with E-state index in [-0.39, 0.29) is 23.9 Å². The van der Waals surface area contributed by atoms with Crippen molar-refractivity contribution in [3.8, 4) is 5.75 Å². The predicted molar refractivity (Wildman–Crippen MR) is 66.6 cm³/mol. The molecule has 0 aliphatic heterocycles. The lowest BCUT2D eigenvalue weighted by molar-refractivity contribution is 0.326. The standard InChI is InChI=1S/C12H19NO.ClH/c1-12(2,3)11(13)9-5-7-10(14-4)8-6-9;/h5-8,11H,13H2,1-4H3;1H/t11-;/m0./s1. The van der Waals surface area contributed by atoms with Crippen LogP contribution in [0.25, 0.3) is 0 Å². The average Bonchev–Trinajstić information content (AvgIpc) is 2.15. The number of halogens is 1. The summed E-state index contributed by atoms with van der Waals surface area (Å²) in [5.74, 6) is 0.870. The molecule has 0 bridgehead atoms. The van der Waals surface area contributed by atoms with Crippen LogP contribution in [0.15, 0.2) is 24.3 Å². The second-order valence-corrected chi connectivity index (χ2v) is 4.62. The molecule has 86 valence electrons. The lowest BCUT2D eigenvalue weighted by Gasteiger charge is -2.27. The van der Waals surface area contributed by atoms with E-state index in [1.807, 2.05) is 24.3 Å². The fourth-order valence-electron chi connectivity index (χ4n) is 1.31. The number of hydrogen-bond donors (Lipinski definition) is 1. The van der Waals surface area contributed by atoms with E-state index < -0.39 is 0 Å². The molecule has 0 aromatic heterocycles. The Kier molecular flexibility index (Phi) is 5.12. The lowest BCUT2D eigenvalue weighted by atomic mass is 9.83. The smallest absolute Gasteiger partial charge is 0.118 e. The summed E-state index contributed by atoms with van der Waals surface area (Å²) in [5, 5.41) is 0. The summed E-state index contributed by atoms with van der Waals surface area (Å²) < 4.78 is 5.09. The van der Waals surface area contributed by atoms with Crippen molar-refractivity contribution in [3.05, 3.63) is 29.8 Å². The third kappa shape index (κ3) is 3.73. The van der Waals surface area contributed by atoms with Crippen molar-refractivity contribution in [2.45, 2.75) is 26.8 Å². The molecule has 1 rings (SSSR count). The highest BCUT2D eigenvalue weighted by atomic mass is 35.5. The minimum Gasteiger partial charge on any atom is -0.497 e. The van der Waals surface area contributed by atoms with Crippen molar-refractivity contribution in [1.29, 1.82) is 0 Å². The maximum atomic E-state index is 6.12. The van der Waals surface area contributed by atoms with Gasteiger partial charge in [-0.15, -0.1) is 12.4 Å². The van der Waals surface area contributed by atoms with E-state index in [9.17, 15) is 0 Å². The van der Waals surface area contributed by atoms with Gasteiger partial charge in [0.15, 0.2) is 0 Å². The maximum absolute atomic E-state index is 6.12. The summed E-state index contributed by atoms with van der Waals surface area (Å²) >= 11 is 0. The number of hydrogen-bond acceptors (Lipinski definition) is 2. The molecule has 0 saturated carbocycles. The quantitative estimate of drug-likeness (QED) is 0.846. The van der Waals surface area contributed by atoms with E-state index in [1.165, 1.54) is 0 Å². The summed E-state index contributed by atoms with van der Waals surface area (Å²) in [6.45, 7) is 6.42. The lowest BCUT2D eigenvalue weighted by Crippen LogP contribution is -2.26. The summed E-state index contributed by atoms with van der Waals surface area (Å²) in [4.78, 5) is 0. The molecule has 3 heteroatoms. The fraction of sp³-hybridized carbons (Fsp3) is 0.500. The van der Waals surface area contributed by atoms with Crippen molar-refractivity contribution in [1.82, 2.24) is 0 Å². The molecule has 2 nitrogen and oxygen atoms in total. The maximum Gasteiger partial charge on any atom is 0.118 e.